The lowest BCUT2D eigenvalue weighted by atomic mass is 10.1. The van der Waals surface area contributed by atoms with E-state index in [9.17, 15) is 0 Å². The quantitative estimate of drug-likeness (QED) is 0.782. The molecular weight excluding hydrogens is 178 g/mol. The van der Waals surface area contributed by atoms with E-state index in [1.54, 1.807) is 6.26 Å². The smallest absolute Gasteiger partial charge is 0.134 e. The number of ether oxygens (including phenoxy) is 1. The molecule has 1 aromatic heterocycles. The number of furan rings is 1. The first-order valence-corrected chi connectivity index (χ1v) is 5.18. The van der Waals surface area contributed by atoms with Crippen molar-refractivity contribution >= 4 is 0 Å². The average molecular weight is 195 g/mol. The molecule has 0 aromatic carbocycles. The van der Waals surface area contributed by atoms with Crippen LogP contribution in [0.15, 0.2) is 22.8 Å². The minimum Gasteiger partial charge on any atom is -0.467 e. The topological polar surface area (TPSA) is 48.4 Å². The van der Waals surface area contributed by atoms with Gasteiger partial charge in [0.05, 0.1) is 12.9 Å². The van der Waals surface area contributed by atoms with E-state index in [1.807, 2.05) is 19.1 Å². The lowest BCUT2D eigenvalue weighted by Crippen LogP contribution is -2.27. The van der Waals surface area contributed by atoms with Gasteiger partial charge in [-0.2, -0.15) is 0 Å². The van der Waals surface area contributed by atoms with E-state index in [2.05, 4.69) is 0 Å². The van der Waals surface area contributed by atoms with Gasteiger partial charge in [-0.05, 0) is 37.8 Å². The fraction of sp³-hybridized carbons (Fsp3) is 0.636. The molecule has 2 unspecified atom stereocenters. The Kier molecular flexibility index (Phi) is 2.89. The summed E-state index contributed by atoms with van der Waals surface area (Å²) in [6.45, 7) is 2.76. The predicted octanol–water partition coefficient (Wildman–Crippen LogP) is 2.09. The van der Waals surface area contributed by atoms with Crippen LogP contribution in [0.2, 0.25) is 0 Å². The lowest BCUT2D eigenvalue weighted by molar-refractivity contribution is 0.0175. The van der Waals surface area contributed by atoms with Gasteiger partial charge < -0.3 is 14.9 Å². The van der Waals surface area contributed by atoms with Crippen LogP contribution in [-0.2, 0) is 4.74 Å². The summed E-state index contributed by atoms with van der Waals surface area (Å²) in [5.41, 5.74) is 5.85. The zero-order chi connectivity index (χ0) is 9.97. The predicted molar refractivity (Wildman–Crippen MR) is 53.8 cm³/mol. The number of hydrogen-bond acceptors (Lipinski definition) is 3. The molecule has 0 radical (unpaired) electrons. The van der Waals surface area contributed by atoms with Crippen LogP contribution in [0.3, 0.4) is 0 Å². The van der Waals surface area contributed by atoms with Crippen molar-refractivity contribution in [1.29, 1.82) is 0 Å². The van der Waals surface area contributed by atoms with Gasteiger partial charge in [0, 0.05) is 6.04 Å². The molecule has 0 aliphatic heterocycles. The first-order chi connectivity index (χ1) is 6.77. The molecule has 78 valence electrons. The zero-order valence-electron chi connectivity index (χ0n) is 8.48. The Balaban J connectivity index is 1.92. The summed E-state index contributed by atoms with van der Waals surface area (Å²) in [4.78, 5) is 0. The largest absolute Gasteiger partial charge is 0.467 e. The summed E-state index contributed by atoms with van der Waals surface area (Å²) in [6, 6.07) is 3.76. The molecule has 2 N–H and O–H groups in total. The molecule has 0 amide bonds. The highest BCUT2D eigenvalue weighted by atomic mass is 16.5. The van der Waals surface area contributed by atoms with E-state index >= 15 is 0 Å². The molecule has 0 saturated heterocycles. The summed E-state index contributed by atoms with van der Waals surface area (Å²) < 4.78 is 11.1. The van der Waals surface area contributed by atoms with Gasteiger partial charge in [0.1, 0.15) is 11.9 Å². The SMILES string of the molecule is CC(N)C(OCC1CC1)c1ccco1. The van der Waals surface area contributed by atoms with Gasteiger partial charge >= 0.3 is 0 Å². The molecule has 1 fully saturated rings. The average Bonchev–Trinajstić information content (AvgIpc) is 2.80. The third-order valence-electron chi connectivity index (χ3n) is 2.51. The second kappa shape index (κ2) is 4.15. The third kappa shape index (κ3) is 2.36. The highest BCUT2D eigenvalue weighted by molar-refractivity contribution is 5.04. The molecular formula is C11H17NO2. The normalized spacial score (nSPS) is 20.7. The van der Waals surface area contributed by atoms with E-state index in [0.29, 0.717) is 0 Å². The van der Waals surface area contributed by atoms with Crippen molar-refractivity contribution in [1.82, 2.24) is 0 Å². The Labute approximate surface area is 84.2 Å². The molecule has 3 nitrogen and oxygen atoms in total. The van der Waals surface area contributed by atoms with Crippen molar-refractivity contribution in [2.45, 2.75) is 31.9 Å². The molecule has 0 spiro atoms. The zero-order valence-corrected chi connectivity index (χ0v) is 8.48. The van der Waals surface area contributed by atoms with E-state index in [4.69, 9.17) is 14.9 Å². The maximum atomic E-state index is 5.85. The van der Waals surface area contributed by atoms with E-state index in [-0.39, 0.29) is 12.1 Å². The Bertz CT molecular complexity index is 265. The van der Waals surface area contributed by atoms with Crippen molar-refractivity contribution in [3.05, 3.63) is 24.2 Å². The molecule has 1 aromatic rings. The van der Waals surface area contributed by atoms with Gasteiger partial charge in [-0.1, -0.05) is 0 Å². The molecule has 0 bridgehead atoms. The highest BCUT2D eigenvalue weighted by Gasteiger charge is 2.26. The summed E-state index contributed by atoms with van der Waals surface area (Å²) in [6.07, 6.45) is 4.16. The first-order valence-electron chi connectivity index (χ1n) is 5.18. The Morgan fingerprint density at radius 2 is 2.43 bits per heavy atom. The second-order valence-corrected chi connectivity index (χ2v) is 4.07. The van der Waals surface area contributed by atoms with Crippen LogP contribution in [0.4, 0.5) is 0 Å². The third-order valence-corrected chi connectivity index (χ3v) is 2.51. The molecule has 14 heavy (non-hydrogen) atoms. The van der Waals surface area contributed by atoms with Gasteiger partial charge in [-0.25, -0.2) is 0 Å². The molecule has 1 aliphatic carbocycles. The van der Waals surface area contributed by atoms with Crippen LogP contribution < -0.4 is 5.73 Å². The van der Waals surface area contributed by atoms with Gasteiger partial charge in [0.25, 0.3) is 0 Å². The second-order valence-electron chi connectivity index (χ2n) is 4.07. The monoisotopic (exact) mass is 195 g/mol. The van der Waals surface area contributed by atoms with E-state index < -0.39 is 0 Å². The van der Waals surface area contributed by atoms with E-state index in [1.165, 1.54) is 12.8 Å². The molecule has 2 atom stereocenters. The summed E-state index contributed by atoms with van der Waals surface area (Å²) in [5.74, 6) is 1.59. The maximum absolute atomic E-state index is 5.85. The molecule has 1 aliphatic rings. The maximum Gasteiger partial charge on any atom is 0.134 e. The summed E-state index contributed by atoms with van der Waals surface area (Å²) in [7, 11) is 0. The molecule has 1 saturated carbocycles. The standard InChI is InChI=1S/C11H17NO2/c1-8(12)11(10-3-2-6-13-10)14-7-9-4-5-9/h2-3,6,8-9,11H,4-5,7,12H2,1H3. The molecule has 2 rings (SSSR count). The Hall–Kier alpha value is -0.800. The molecule has 3 heteroatoms. The fourth-order valence-electron chi connectivity index (χ4n) is 1.47. The minimum atomic E-state index is -0.0920. The fourth-order valence-corrected chi connectivity index (χ4v) is 1.47. The lowest BCUT2D eigenvalue weighted by Gasteiger charge is -2.19. The van der Waals surface area contributed by atoms with Crippen molar-refractivity contribution in [2.75, 3.05) is 6.61 Å². The van der Waals surface area contributed by atoms with Crippen molar-refractivity contribution in [2.24, 2.45) is 11.7 Å². The Morgan fingerprint density at radius 1 is 1.64 bits per heavy atom. The van der Waals surface area contributed by atoms with Crippen LogP contribution in [0, 0.1) is 5.92 Å². The van der Waals surface area contributed by atoms with Crippen molar-refractivity contribution in [3.63, 3.8) is 0 Å². The van der Waals surface area contributed by atoms with Crippen LogP contribution in [0.5, 0.6) is 0 Å². The van der Waals surface area contributed by atoms with Crippen LogP contribution >= 0.6 is 0 Å². The van der Waals surface area contributed by atoms with Crippen LogP contribution in [0.25, 0.3) is 0 Å². The van der Waals surface area contributed by atoms with E-state index in [0.717, 1.165) is 18.3 Å². The van der Waals surface area contributed by atoms with Gasteiger partial charge in [-0.3, -0.25) is 0 Å². The summed E-state index contributed by atoms with van der Waals surface area (Å²) >= 11 is 0. The first kappa shape index (κ1) is 9.74. The Morgan fingerprint density at radius 3 is 2.93 bits per heavy atom. The van der Waals surface area contributed by atoms with Crippen molar-refractivity contribution in [3.8, 4) is 0 Å². The number of nitrogens with two attached hydrogens (primary N) is 1. The number of hydrogen-bond donors (Lipinski definition) is 1. The molecule has 1 heterocycles. The van der Waals surface area contributed by atoms with Gasteiger partial charge in [0.15, 0.2) is 0 Å². The minimum absolute atomic E-state index is 0.0279. The highest BCUT2D eigenvalue weighted by Crippen LogP contribution is 2.31. The van der Waals surface area contributed by atoms with Gasteiger partial charge in [0.2, 0.25) is 0 Å². The van der Waals surface area contributed by atoms with Gasteiger partial charge in [-0.15, -0.1) is 0 Å². The van der Waals surface area contributed by atoms with Crippen LogP contribution in [0.1, 0.15) is 31.6 Å². The summed E-state index contributed by atoms with van der Waals surface area (Å²) in [5, 5.41) is 0. The van der Waals surface area contributed by atoms with Crippen LogP contribution in [-0.4, -0.2) is 12.6 Å². The van der Waals surface area contributed by atoms with Crippen molar-refractivity contribution < 1.29 is 9.15 Å². The number of rotatable bonds is 5.